The third-order valence-corrected chi connectivity index (χ3v) is 4.38. The molecule has 0 unspecified atom stereocenters. The van der Waals surface area contributed by atoms with Gasteiger partial charge in [-0.1, -0.05) is 15.9 Å². The van der Waals surface area contributed by atoms with Crippen molar-refractivity contribution in [3.8, 4) is 0 Å². The normalized spacial score (nSPS) is 11.5. The highest BCUT2D eigenvalue weighted by atomic mass is 79.9. The lowest BCUT2D eigenvalue weighted by molar-refractivity contribution is -0.384. The molecular formula is C10H7BrClN3O4S. The molecule has 0 fully saturated rings. The van der Waals surface area contributed by atoms with Crippen molar-refractivity contribution >= 4 is 41.4 Å². The summed E-state index contributed by atoms with van der Waals surface area (Å²) in [7, 11) is 1.31. The van der Waals surface area contributed by atoms with Gasteiger partial charge in [-0.3, -0.25) is 10.1 Å². The van der Waals surface area contributed by atoms with Crippen LogP contribution in [0.2, 0.25) is 0 Å². The van der Waals surface area contributed by atoms with Crippen LogP contribution >= 0.6 is 26.6 Å². The zero-order chi connectivity index (χ0) is 14.9. The van der Waals surface area contributed by atoms with E-state index in [4.69, 9.17) is 10.7 Å². The highest BCUT2D eigenvalue weighted by molar-refractivity contribution is 9.10. The highest BCUT2D eigenvalue weighted by Gasteiger charge is 2.14. The van der Waals surface area contributed by atoms with Crippen molar-refractivity contribution in [1.29, 1.82) is 0 Å². The number of aromatic nitrogens is 2. The summed E-state index contributed by atoms with van der Waals surface area (Å²) in [4.78, 5) is 13.8. The monoisotopic (exact) mass is 379 g/mol. The van der Waals surface area contributed by atoms with E-state index in [0.717, 1.165) is 5.56 Å². The van der Waals surface area contributed by atoms with Crippen molar-refractivity contribution < 1.29 is 13.3 Å². The fourth-order valence-corrected chi connectivity index (χ4v) is 2.69. The summed E-state index contributed by atoms with van der Waals surface area (Å²) in [5, 5.41) is 10.4. The average Bonchev–Trinajstić information content (AvgIpc) is 2.80. The van der Waals surface area contributed by atoms with Gasteiger partial charge in [0.15, 0.2) is 5.03 Å². The van der Waals surface area contributed by atoms with E-state index in [1.54, 1.807) is 6.07 Å². The maximum absolute atomic E-state index is 11.1. The standard InChI is InChI=1S/C10H7BrClN3O4S/c11-9-3-8(15(16)17)2-1-7(9)4-14-5-10(13-6-14)20(12,18)19/h1-3,5-6H,4H2. The van der Waals surface area contributed by atoms with Gasteiger partial charge in [-0.05, 0) is 11.6 Å². The van der Waals surface area contributed by atoms with Gasteiger partial charge in [0.25, 0.3) is 14.7 Å². The number of nitro groups is 1. The van der Waals surface area contributed by atoms with E-state index in [9.17, 15) is 18.5 Å². The van der Waals surface area contributed by atoms with E-state index >= 15 is 0 Å². The number of halogens is 2. The fraction of sp³-hybridized carbons (Fsp3) is 0.100. The smallest absolute Gasteiger partial charge is 0.280 e. The van der Waals surface area contributed by atoms with Gasteiger partial charge in [-0.2, -0.15) is 0 Å². The Labute approximate surface area is 126 Å². The first-order valence-corrected chi connectivity index (χ1v) is 8.27. The third kappa shape index (κ3) is 3.35. The van der Waals surface area contributed by atoms with E-state index in [1.807, 2.05) is 0 Å². The van der Waals surface area contributed by atoms with Crippen molar-refractivity contribution in [3.63, 3.8) is 0 Å². The van der Waals surface area contributed by atoms with Crippen LogP contribution in [0.5, 0.6) is 0 Å². The molecule has 0 spiro atoms. The molecule has 2 rings (SSSR count). The van der Waals surface area contributed by atoms with E-state index in [1.165, 1.54) is 29.2 Å². The first-order chi connectivity index (χ1) is 9.27. The maximum Gasteiger partial charge on any atom is 0.280 e. The first-order valence-electron chi connectivity index (χ1n) is 5.16. The van der Waals surface area contributed by atoms with E-state index in [-0.39, 0.29) is 10.7 Å². The van der Waals surface area contributed by atoms with Gasteiger partial charge in [-0.15, -0.1) is 0 Å². The summed E-state index contributed by atoms with van der Waals surface area (Å²) < 4.78 is 24.2. The van der Waals surface area contributed by atoms with Gasteiger partial charge < -0.3 is 4.57 Å². The minimum atomic E-state index is -3.86. The number of rotatable bonds is 4. The third-order valence-electron chi connectivity index (χ3n) is 2.46. The molecule has 20 heavy (non-hydrogen) atoms. The van der Waals surface area contributed by atoms with Crippen LogP contribution in [0.25, 0.3) is 0 Å². The van der Waals surface area contributed by atoms with Crippen molar-refractivity contribution in [1.82, 2.24) is 9.55 Å². The lowest BCUT2D eigenvalue weighted by Gasteiger charge is -2.05. The zero-order valence-electron chi connectivity index (χ0n) is 9.73. The number of hydrogen-bond donors (Lipinski definition) is 0. The highest BCUT2D eigenvalue weighted by Crippen LogP contribution is 2.24. The van der Waals surface area contributed by atoms with Crippen molar-refractivity contribution in [2.75, 3.05) is 0 Å². The van der Waals surface area contributed by atoms with Crippen LogP contribution in [0.1, 0.15) is 5.56 Å². The quantitative estimate of drug-likeness (QED) is 0.461. The summed E-state index contributed by atoms with van der Waals surface area (Å²) >= 11 is 3.24. The Hall–Kier alpha value is -1.45. The van der Waals surface area contributed by atoms with Gasteiger partial charge >= 0.3 is 0 Å². The van der Waals surface area contributed by atoms with Gasteiger partial charge in [0, 0.05) is 40.0 Å². The molecule has 0 saturated carbocycles. The summed E-state index contributed by atoms with van der Waals surface area (Å²) in [6.45, 7) is 0.304. The van der Waals surface area contributed by atoms with E-state index < -0.39 is 14.0 Å². The second-order valence-electron chi connectivity index (χ2n) is 3.85. The predicted octanol–water partition coefficient (Wildman–Crippen LogP) is 2.53. The topological polar surface area (TPSA) is 95.1 Å². The number of imidazole rings is 1. The Morgan fingerprint density at radius 2 is 2.15 bits per heavy atom. The summed E-state index contributed by atoms with van der Waals surface area (Å²) in [5.41, 5.74) is 0.710. The molecule has 0 N–H and O–H groups in total. The van der Waals surface area contributed by atoms with Crippen LogP contribution < -0.4 is 0 Å². The fourth-order valence-electron chi connectivity index (χ4n) is 1.53. The maximum atomic E-state index is 11.1. The molecule has 0 aliphatic heterocycles. The van der Waals surface area contributed by atoms with Gasteiger partial charge in [0.05, 0.1) is 11.3 Å². The van der Waals surface area contributed by atoms with Gasteiger partial charge in [0.1, 0.15) is 0 Å². The number of hydrogen-bond acceptors (Lipinski definition) is 5. The van der Waals surface area contributed by atoms with E-state index in [2.05, 4.69) is 20.9 Å². The summed E-state index contributed by atoms with van der Waals surface area (Å²) in [6.07, 6.45) is 2.61. The number of non-ortho nitro benzene ring substituents is 1. The van der Waals surface area contributed by atoms with Crippen LogP contribution in [-0.4, -0.2) is 22.9 Å². The van der Waals surface area contributed by atoms with Crippen molar-refractivity contribution in [2.24, 2.45) is 0 Å². The molecule has 0 aliphatic carbocycles. The minimum absolute atomic E-state index is 0.0321. The SMILES string of the molecule is O=[N+]([O-])c1ccc(Cn2cnc(S(=O)(=O)Cl)c2)c(Br)c1. The second-order valence-corrected chi connectivity index (χ2v) is 7.22. The molecule has 0 radical (unpaired) electrons. The van der Waals surface area contributed by atoms with Crippen LogP contribution in [0.4, 0.5) is 5.69 Å². The molecular weight excluding hydrogens is 374 g/mol. The van der Waals surface area contributed by atoms with Crippen LogP contribution in [0.3, 0.4) is 0 Å². The predicted molar refractivity (Wildman–Crippen MR) is 75.2 cm³/mol. The summed E-state index contributed by atoms with van der Waals surface area (Å²) in [6, 6.07) is 4.33. The molecule has 7 nitrogen and oxygen atoms in total. The molecule has 0 aliphatic rings. The molecule has 106 valence electrons. The Balaban J connectivity index is 2.27. The van der Waals surface area contributed by atoms with Crippen molar-refractivity contribution in [2.45, 2.75) is 11.6 Å². The lowest BCUT2D eigenvalue weighted by Crippen LogP contribution is -1.99. The average molecular weight is 381 g/mol. The molecule has 2 aromatic rings. The van der Waals surface area contributed by atoms with Gasteiger partial charge in [-0.25, -0.2) is 13.4 Å². The molecule has 1 aromatic carbocycles. The van der Waals surface area contributed by atoms with E-state index in [0.29, 0.717) is 11.0 Å². The summed E-state index contributed by atoms with van der Waals surface area (Å²) in [5.74, 6) is 0. The Kier molecular flexibility index (Phi) is 4.11. The largest absolute Gasteiger partial charge is 0.332 e. The second kappa shape index (κ2) is 5.51. The molecule has 1 heterocycles. The molecule has 0 amide bonds. The van der Waals surface area contributed by atoms with Gasteiger partial charge in [0.2, 0.25) is 0 Å². The van der Waals surface area contributed by atoms with Crippen LogP contribution in [0, 0.1) is 10.1 Å². The molecule has 0 atom stereocenters. The van der Waals surface area contributed by atoms with Crippen LogP contribution in [-0.2, 0) is 15.6 Å². The molecule has 10 heteroatoms. The number of nitro benzene ring substituents is 1. The molecule has 0 bridgehead atoms. The number of nitrogens with zero attached hydrogens (tertiary/aromatic N) is 3. The number of benzene rings is 1. The zero-order valence-corrected chi connectivity index (χ0v) is 12.9. The van der Waals surface area contributed by atoms with Crippen molar-refractivity contribution in [3.05, 3.63) is 50.9 Å². The molecule has 0 saturated heterocycles. The Bertz CT molecular complexity index is 775. The Morgan fingerprint density at radius 1 is 1.45 bits per heavy atom. The lowest BCUT2D eigenvalue weighted by atomic mass is 10.2. The molecule has 1 aromatic heterocycles. The Morgan fingerprint density at radius 3 is 2.65 bits per heavy atom. The minimum Gasteiger partial charge on any atom is -0.332 e. The van der Waals surface area contributed by atoms with Crippen LogP contribution in [0.15, 0.2) is 40.2 Å². The first kappa shape index (κ1) is 14.9.